The largest absolute Gasteiger partial charge is 0.346 e. The van der Waals surface area contributed by atoms with E-state index in [1.54, 1.807) is 19.4 Å². The van der Waals surface area contributed by atoms with Crippen LogP contribution in [0.4, 0.5) is 10.2 Å². The first kappa shape index (κ1) is 13.7. The number of aromatic nitrogens is 2. The molecule has 0 radical (unpaired) electrons. The zero-order valence-corrected chi connectivity index (χ0v) is 12.5. The molecule has 1 aromatic rings. The fraction of sp³-hybridized carbons (Fsp3) is 0.571. The summed E-state index contributed by atoms with van der Waals surface area (Å²) in [6, 6.07) is 0.334. The minimum atomic E-state index is -1.22. The summed E-state index contributed by atoms with van der Waals surface area (Å²) in [5.74, 6) is 0.634. The summed E-state index contributed by atoms with van der Waals surface area (Å²) in [6.45, 7) is 2.03. The van der Waals surface area contributed by atoms with Gasteiger partial charge in [-0.2, -0.15) is 0 Å². The van der Waals surface area contributed by atoms with E-state index in [0.29, 0.717) is 16.8 Å². The number of nitrogens with zero attached hydrogens (tertiary/aromatic N) is 3. The zero-order chi connectivity index (χ0) is 14.3. The molecule has 0 spiro atoms. The van der Waals surface area contributed by atoms with Crippen molar-refractivity contribution in [3.05, 3.63) is 17.6 Å². The second kappa shape index (κ2) is 5.24. The molecule has 0 N–H and O–H groups in total. The van der Waals surface area contributed by atoms with Gasteiger partial charge in [0.2, 0.25) is 5.16 Å². The molecule has 0 amide bonds. The molecule has 0 saturated heterocycles. The average molecular weight is 295 g/mol. The molecule has 1 aliphatic heterocycles. The van der Waals surface area contributed by atoms with Crippen molar-refractivity contribution >= 4 is 22.2 Å². The first-order valence-electron chi connectivity index (χ1n) is 6.90. The van der Waals surface area contributed by atoms with Crippen molar-refractivity contribution < 1.29 is 8.60 Å². The molecule has 6 heteroatoms. The second-order valence-electron chi connectivity index (χ2n) is 5.44. The monoisotopic (exact) mass is 295 g/mol. The summed E-state index contributed by atoms with van der Waals surface area (Å²) in [5.41, 5.74) is 1.33. The maximum Gasteiger partial charge on any atom is 0.220 e. The molecule has 1 atom stereocenters. The summed E-state index contributed by atoms with van der Waals surface area (Å²) in [7, 11) is -1.22. The van der Waals surface area contributed by atoms with Gasteiger partial charge in [0.1, 0.15) is 11.6 Å². The molecule has 1 aromatic heterocycles. The Morgan fingerprint density at radius 2 is 2.10 bits per heavy atom. The minimum absolute atomic E-state index is 0.113. The minimum Gasteiger partial charge on any atom is -0.346 e. The molecule has 1 unspecified atom stereocenters. The number of rotatable bonds is 2. The van der Waals surface area contributed by atoms with Crippen LogP contribution in [0.15, 0.2) is 17.2 Å². The Labute approximate surface area is 120 Å². The van der Waals surface area contributed by atoms with Crippen LogP contribution >= 0.6 is 0 Å². The summed E-state index contributed by atoms with van der Waals surface area (Å²) >= 11 is 0. The predicted molar refractivity (Wildman–Crippen MR) is 77.7 cm³/mol. The molecule has 0 aromatic carbocycles. The highest BCUT2D eigenvalue weighted by molar-refractivity contribution is 7.84. The van der Waals surface area contributed by atoms with Crippen LogP contribution in [0.3, 0.4) is 0 Å². The van der Waals surface area contributed by atoms with E-state index in [1.807, 2.05) is 4.90 Å². The molecule has 2 heterocycles. The molecular formula is C14H18FN3OS. The first-order chi connectivity index (χ1) is 9.58. The summed E-state index contributed by atoms with van der Waals surface area (Å²) in [6.07, 6.45) is 7.67. The topological polar surface area (TPSA) is 46.1 Å². The van der Waals surface area contributed by atoms with Crippen molar-refractivity contribution in [1.82, 2.24) is 9.97 Å². The lowest BCUT2D eigenvalue weighted by molar-refractivity contribution is 0.543. The summed E-state index contributed by atoms with van der Waals surface area (Å²) in [5, 5.41) is 0.321. The Morgan fingerprint density at radius 3 is 2.75 bits per heavy atom. The number of allylic oxidation sites excluding steroid dienone is 1. The van der Waals surface area contributed by atoms with Gasteiger partial charge in [0.05, 0.1) is 17.3 Å². The molecule has 3 rings (SSSR count). The average Bonchev–Trinajstić information content (AvgIpc) is 2.96. The first-order valence-corrected chi connectivity index (χ1v) is 8.46. The van der Waals surface area contributed by atoms with Crippen LogP contribution < -0.4 is 4.90 Å². The number of fused-ring (bicyclic) bond motifs is 1. The molecule has 20 heavy (non-hydrogen) atoms. The van der Waals surface area contributed by atoms with Crippen molar-refractivity contribution in [2.24, 2.45) is 0 Å². The van der Waals surface area contributed by atoms with Crippen LogP contribution in [0, 0.1) is 0 Å². The molecule has 1 saturated carbocycles. The maximum atomic E-state index is 14.1. The van der Waals surface area contributed by atoms with Crippen LogP contribution in [0.25, 0.3) is 5.57 Å². The maximum absolute atomic E-state index is 14.1. The van der Waals surface area contributed by atoms with E-state index in [2.05, 4.69) is 9.97 Å². The quantitative estimate of drug-likeness (QED) is 0.787. The lowest BCUT2D eigenvalue weighted by Crippen LogP contribution is -2.38. The van der Waals surface area contributed by atoms with Crippen LogP contribution in [-0.2, 0) is 10.8 Å². The van der Waals surface area contributed by atoms with E-state index in [4.69, 9.17) is 0 Å². The molecule has 1 fully saturated rings. The van der Waals surface area contributed by atoms with E-state index in [0.717, 1.165) is 24.2 Å². The van der Waals surface area contributed by atoms with Crippen LogP contribution in [0.2, 0.25) is 0 Å². The Balaban J connectivity index is 2.08. The molecule has 0 bridgehead atoms. The second-order valence-corrected chi connectivity index (χ2v) is 6.71. The van der Waals surface area contributed by atoms with Gasteiger partial charge in [-0.05, 0) is 25.3 Å². The molecule has 108 valence electrons. The van der Waals surface area contributed by atoms with Gasteiger partial charge in [-0.1, -0.05) is 12.8 Å². The van der Waals surface area contributed by atoms with Crippen molar-refractivity contribution in [3.63, 3.8) is 0 Å². The van der Waals surface area contributed by atoms with E-state index in [1.165, 1.54) is 12.8 Å². The fourth-order valence-corrected chi connectivity index (χ4v) is 3.40. The Kier molecular flexibility index (Phi) is 3.58. The Bertz CT molecular complexity index is 596. The van der Waals surface area contributed by atoms with E-state index >= 15 is 0 Å². The van der Waals surface area contributed by atoms with Crippen LogP contribution in [-0.4, -0.2) is 33.0 Å². The molecule has 2 aliphatic rings. The van der Waals surface area contributed by atoms with Crippen molar-refractivity contribution in [3.8, 4) is 0 Å². The Hall–Kier alpha value is -1.30. The highest BCUT2D eigenvalue weighted by atomic mass is 32.2. The van der Waals surface area contributed by atoms with Gasteiger partial charge in [-0.3, -0.25) is 4.21 Å². The fourth-order valence-electron chi connectivity index (χ4n) is 2.99. The summed E-state index contributed by atoms with van der Waals surface area (Å²) in [4.78, 5) is 10.6. The van der Waals surface area contributed by atoms with Crippen LogP contribution in [0.1, 0.15) is 38.2 Å². The van der Waals surface area contributed by atoms with Crippen molar-refractivity contribution in [1.29, 1.82) is 0 Å². The number of hydrogen-bond acceptors (Lipinski definition) is 4. The van der Waals surface area contributed by atoms with E-state index in [-0.39, 0.29) is 12.4 Å². The number of halogens is 1. The SMILES string of the molecule is CC1=C(F)CN(C2CCCC2)c2nc(S(C)=O)ncc21. The third-order valence-electron chi connectivity index (χ3n) is 4.16. The van der Waals surface area contributed by atoms with Gasteiger partial charge in [0.15, 0.2) is 0 Å². The van der Waals surface area contributed by atoms with Gasteiger partial charge in [0, 0.05) is 24.1 Å². The molecule has 1 aliphatic carbocycles. The van der Waals surface area contributed by atoms with Crippen LogP contribution in [0.5, 0.6) is 0 Å². The zero-order valence-electron chi connectivity index (χ0n) is 11.7. The normalized spacial score (nSPS) is 21.2. The lowest BCUT2D eigenvalue weighted by Gasteiger charge is -2.34. The standard InChI is InChI=1S/C14H18FN3OS/c1-9-11-7-16-14(20(2)19)17-13(11)18(8-12(9)15)10-5-3-4-6-10/h7,10H,3-6,8H2,1-2H3. The molecular weight excluding hydrogens is 277 g/mol. The van der Waals surface area contributed by atoms with E-state index < -0.39 is 10.8 Å². The summed E-state index contributed by atoms with van der Waals surface area (Å²) < 4.78 is 25.7. The predicted octanol–water partition coefficient (Wildman–Crippen LogP) is 2.68. The smallest absolute Gasteiger partial charge is 0.220 e. The van der Waals surface area contributed by atoms with Gasteiger partial charge < -0.3 is 4.90 Å². The van der Waals surface area contributed by atoms with Gasteiger partial charge in [-0.25, -0.2) is 14.4 Å². The van der Waals surface area contributed by atoms with E-state index in [9.17, 15) is 8.60 Å². The Morgan fingerprint density at radius 1 is 1.40 bits per heavy atom. The third kappa shape index (κ3) is 2.26. The van der Waals surface area contributed by atoms with Crippen molar-refractivity contribution in [2.45, 2.75) is 43.8 Å². The highest BCUT2D eigenvalue weighted by Crippen LogP contribution is 2.37. The number of anilines is 1. The highest BCUT2D eigenvalue weighted by Gasteiger charge is 2.31. The third-order valence-corrected chi connectivity index (χ3v) is 4.87. The van der Waals surface area contributed by atoms with Crippen molar-refractivity contribution in [2.75, 3.05) is 17.7 Å². The van der Waals surface area contributed by atoms with Gasteiger partial charge in [-0.15, -0.1) is 0 Å². The van der Waals surface area contributed by atoms with Gasteiger partial charge in [0.25, 0.3) is 0 Å². The lowest BCUT2D eigenvalue weighted by atomic mass is 10.0. The molecule has 4 nitrogen and oxygen atoms in total. The van der Waals surface area contributed by atoms with Gasteiger partial charge >= 0.3 is 0 Å². The number of hydrogen-bond donors (Lipinski definition) is 0.